The Morgan fingerprint density at radius 3 is 2.23 bits per heavy atom. The Bertz CT molecular complexity index is 725. The van der Waals surface area contributed by atoms with Gasteiger partial charge in [-0.3, -0.25) is 9.48 Å². The molecule has 3 nitrogen and oxygen atoms in total. The molecule has 0 aliphatic heterocycles. The van der Waals surface area contributed by atoms with E-state index in [1.54, 1.807) is 25.6 Å². The summed E-state index contributed by atoms with van der Waals surface area (Å²) in [7, 11) is 1.75. The summed E-state index contributed by atoms with van der Waals surface area (Å²) in [5, 5.41) is 4.16. The normalized spacial score (nSPS) is 12.1. The zero-order valence-corrected chi connectivity index (χ0v) is 12.4. The monoisotopic (exact) mass is 308 g/mol. The summed E-state index contributed by atoms with van der Waals surface area (Å²) in [6, 6.07) is 4.64. The van der Waals surface area contributed by atoms with Gasteiger partial charge in [-0.25, -0.2) is 0 Å². The highest BCUT2D eigenvalue weighted by Gasteiger charge is 2.29. The van der Waals surface area contributed by atoms with Crippen LogP contribution in [0.5, 0.6) is 0 Å². The third kappa shape index (κ3) is 3.27. The highest BCUT2D eigenvalue weighted by atomic mass is 19.4. The Labute approximate surface area is 126 Å². The quantitative estimate of drug-likeness (QED) is 0.635. The van der Waals surface area contributed by atoms with E-state index in [1.165, 1.54) is 24.3 Å². The van der Waals surface area contributed by atoms with Crippen molar-refractivity contribution in [3.8, 4) is 0 Å². The molecule has 1 aromatic heterocycles. The van der Waals surface area contributed by atoms with Crippen LogP contribution < -0.4 is 0 Å². The Hall–Kier alpha value is -2.37. The van der Waals surface area contributed by atoms with Crippen LogP contribution in [-0.2, 0) is 13.2 Å². The maximum absolute atomic E-state index is 12.5. The third-order valence-electron chi connectivity index (χ3n) is 3.42. The largest absolute Gasteiger partial charge is 0.416 e. The molecule has 22 heavy (non-hydrogen) atoms. The fourth-order valence-corrected chi connectivity index (χ4v) is 2.17. The first-order valence-electron chi connectivity index (χ1n) is 6.60. The van der Waals surface area contributed by atoms with Crippen molar-refractivity contribution in [1.82, 2.24) is 9.78 Å². The summed E-state index contributed by atoms with van der Waals surface area (Å²) in [6.45, 7) is 3.53. The summed E-state index contributed by atoms with van der Waals surface area (Å²) >= 11 is 0. The van der Waals surface area contributed by atoms with Gasteiger partial charge in [-0.15, -0.1) is 0 Å². The number of benzene rings is 1. The fourth-order valence-electron chi connectivity index (χ4n) is 2.17. The lowest BCUT2D eigenvalue weighted by atomic mass is 10.1. The Morgan fingerprint density at radius 1 is 1.18 bits per heavy atom. The number of ketones is 1. The van der Waals surface area contributed by atoms with E-state index >= 15 is 0 Å². The highest BCUT2D eigenvalue weighted by molar-refractivity contribution is 6.08. The van der Waals surface area contributed by atoms with Gasteiger partial charge in [0.15, 0.2) is 5.78 Å². The molecule has 0 saturated heterocycles. The van der Waals surface area contributed by atoms with Gasteiger partial charge < -0.3 is 0 Å². The first kappa shape index (κ1) is 16.0. The standard InChI is InChI=1S/C16H15F3N2O/c1-10-15(11(2)21(3)20-10)14(22)9-6-12-4-7-13(8-5-12)16(17,18)19/h4-9H,1-3H3/b9-6+. The molecule has 0 bridgehead atoms. The molecule has 0 aliphatic carbocycles. The maximum atomic E-state index is 12.5. The van der Waals surface area contributed by atoms with Crippen molar-refractivity contribution < 1.29 is 18.0 Å². The lowest BCUT2D eigenvalue weighted by Crippen LogP contribution is -2.04. The predicted octanol–water partition coefficient (Wildman–Crippen LogP) is 3.95. The van der Waals surface area contributed by atoms with Gasteiger partial charge in [0.25, 0.3) is 0 Å². The molecule has 0 unspecified atom stereocenters. The van der Waals surface area contributed by atoms with Gasteiger partial charge in [-0.1, -0.05) is 18.2 Å². The molecule has 0 fully saturated rings. The van der Waals surface area contributed by atoms with Gasteiger partial charge in [0.1, 0.15) is 0 Å². The molecule has 0 aliphatic rings. The number of hydrogen-bond donors (Lipinski definition) is 0. The number of hydrogen-bond acceptors (Lipinski definition) is 2. The van der Waals surface area contributed by atoms with E-state index in [9.17, 15) is 18.0 Å². The van der Waals surface area contributed by atoms with Crippen LogP contribution in [0.2, 0.25) is 0 Å². The second-order valence-electron chi connectivity index (χ2n) is 4.99. The molecule has 1 aromatic carbocycles. The Kier molecular flexibility index (Phi) is 4.21. The van der Waals surface area contributed by atoms with Gasteiger partial charge >= 0.3 is 6.18 Å². The van der Waals surface area contributed by atoms with Crippen molar-refractivity contribution in [2.45, 2.75) is 20.0 Å². The minimum Gasteiger partial charge on any atom is -0.289 e. The lowest BCUT2D eigenvalue weighted by molar-refractivity contribution is -0.137. The van der Waals surface area contributed by atoms with Crippen molar-refractivity contribution in [2.75, 3.05) is 0 Å². The number of halogens is 3. The van der Waals surface area contributed by atoms with Crippen LogP contribution >= 0.6 is 0 Å². The van der Waals surface area contributed by atoms with Crippen LogP contribution in [0.25, 0.3) is 6.08 Å². The molecule has 0 amide bonds. The van der Waals surface area contributed by atoms with Crippen LogP contribution in [0.4, 0.5) is 13.2 Å². The third-order valence-corrected chi connectivity index (χ3v) is 3.42. The number of nitrogens with zero attached hydrogens (tertiary/aromatic N) is 2. The topological polar surface area (TPSA) is 34.9 Å². The van der Waals surface area contributed by atoms with E-state index in [0.717, 1.165) is 17.8 Å². The zero-order valence-electron chi connectivity index (χ0n) is 12.4. The summed E-state index contributed by atoms with van der Waals surface area (Å²) in [5.74, 6) is -0.219. The average Bonchev–Trinajstić information content (AvgIpc) is 2.69. The summed E-state index contributed by atoms with van der Waals surface area (Å²) in [5.41, 5.74) is 1.71. The summed E-state index contributed by atoms with van der Waals surface area (Å²) in [4.78, 5) is 12.2. The van der Waals surface area contributed by atoms with Crippen LogP contribution in [0.15, 0.2) is 30.3 Å². The Morgan fingerprint density at radius 2 is 1.77 bits per heavy atom. The van der Waals surface area contributed by atoms with Crippen molar-refractivity contribution in [3.63, 3.8) is 0 Å². The summed E-state index contributed by atoms with van der Waals surface area (Å²) < 4.78 is 39.0. The highest BCUT2D eigenvalue weighted by Crippen LogP contribution is 2.29. The van der Waals surface area contributed by atoms with Crippen LogP contribution in [0.3, 0.4) is 0 Å². The molecule has 0 atom stereocenters. The van der Waals surface area contributed by atoms with Crippen molar-refractivity contribution in [2.24, 2.45) is 7.05 Å². The molecule has 1 heterocycles. The van der Waals surface area contributed by atoms with Crippen molar-refractivity contribution in [3.05, 3.63) is 58.4 Å². The second-order valence-corrected chi connectivity index (χ2v) is 4.99. The number of carbonyl (C=O) groups excluding carboxylic acids is 1. The Balaban J connectivity index is 2.20. The molecule has 116 valence electrons. The van der Waals surface area contributed by atoms with E-state index in [2.05, 4.69) is 5.10 Å². The predicted molar refractivity (Wildman–Crippen MR) is 77.5 cm³/mol. The SMILES string of the molecule is Cc1nn(C)c(C)c1C(=O)/C=C/c1ccc(C(F)(F)F)cc1. The summed E-state index contributed by atoms with van der Waals surface area (Å²) in [6.07, 6.45) is -1.52. The second kappa shape index (κ2) is 5.79. The zero-order chi connectivity index (χ0) is 16.5. The van der Waals surface area contributed by atoms with Gasteiger partial charge in [-0.05, 0) is 37.6 Å². The molecular weight excluding hydrogens is 293 g/mol. The smallest absolute Gasteiger partial charge is 0.289 e. The molecule has 0 N–H and O–H groups in total. The number of aromatic nitrogens is 2. The number of alkyl halides is 3. The van der Waals surface area contributed by atoms with Crippen LogP contribution in [0, 0.1) is 13.8 Å². The van der Waals surface area contributed by atoms with E-state index < -0.39 is 11.7 Å². The molecule has 2 aromatic rings. The van der Waals surface area contributed by atoms with E-state index in [0.29, 0.717) is 16.8 Å². The van der Waals surface area contributed by atoms with Crippen molar-refractivity contribution in [1.29, 1.82) is 0 Å². The minimum absolute atomic E-state index is 0.219. The van der Waals surface area contributed by atoms with Crippen LogP contribution in [-0.4, -0.2) is 15.6 Å². The van der Waals surface area contributed by atoms with E-state index in [1.807, 2.05) is 0 Å². The van der Waals surface area contributed by atoms with E-state index in [4.69, 9.17) is 0 Å². The first-order chi connectivity index (χ1) is 10.2. The average molecular weight is 308 g/mol. The first-order valence-corrected chi connectivity index (χ1v) is 6.60. The molecule has 0 radical (unpaired) electrons. The van der Waals surface area contributed by atoms with Crippen molar-refractivity contribution >= 4 is 11.9 Å². The van der Waals surface area contributed by atoms with Gasteiger partial charge in [0, 0.05) is 12.7 Å². The lowest BCUT2D eigenvalue weighted by Gasteiger charge is -2.05. The number of aryl methyl sites for hydroxylation is 2. The number of carbonyl (C=O) groups is 1. The van der Waals surface area contributed by atoms with Gasteiger partial charge in [-0.2, -0.15) is 18.3 Å². The maximum Gasteiger partial charge on any atom is 0.416 e. The molecular formula is C16H15F3N2O. The van der Waals surface area contributed by atoms with Crippen LogP contribution in [0.1, 0.15) is 32.9 Å². The van der Waals surface area contributed by atoms with Gasteiger partial charge in [0.05, 0.1) is 16.8 Å². The molecule has 0 spiro atoms. The minimum atomic E-state index is -4.36. The molecule has 0 saturated carbocycles. The van der Waals surface area contributed by atoms with E-state index in [-0.39, 0.29) is 5.78 Å². The number of allylic oxidation sites excluding steroid dienone is 1. The fraction of sp³-hybridized carbons (Fsp3) is 0.250. The number of rotatable bonds is 3. The van der Waals surface area contributed by atoms with Gasteiger partial charge in [0.2, 0.25) is 0 Å². The molecule has 2 rings (SSSR count). The molecule has 6 heteroatoms.